The molecule has 2 N–H and O–H groups in total. The molecule has 4 heteroatoms. The maximum Gasteiger partial charge on any atom is 0.111 e. The number of benzene rings is 1. The highest BCUT2D eigenvalue weighted by Gasteiger charge is 2.13. The van der Waals surface area contributed by atoms with Crippen molar-refractivity contribution in [2.24, 2.45) is 0 Å². The molecule has 1 unspecified atom stereocenters. The molecule has 0 aliphatic heterocycles. The fourth-order valence-corrected chi connectivity index (χ4v) is 2.59. The summed E-state index contributed by atoms with van der Waals surface area (Å²) < 4.78 is 11.7. The van der Waals surface area contributed by atoms with Crippen molar-refractivity contribution in [3.63, 3.8) is 0 Å². The minimum atomic E-state index is -2.22. The molecule has 1 rings (SSSR count). The second kappa shape index (κ2) is 3.20. The Labute approximate surface area is 75.1 Å². The van der Waals surface area contributed by atoms with Crippen LogP contribution in [0.25, 0.3) is 0 Å². The van der Waals surface area contributed by atoms with Crippen LogP contribution in [0, 0.1) is 0 Å². The van der Waals surface area contributed by atoms with Crippen LogP contribution < -0.4 is 16.3 Å². The first kappa shape index (κ1) is 9.77. The molecule has 0 saturated carbocycles. The zero-order chi connectivity index (χ0) is 9.35. The van der Waals surface area contributed by atoms with E-state index in [2.05, 4.69) is 9.24 Å². The topological polar surface area (TPSA) is 43.1 Å². The molecule has 2 nitrogen and oxygen atoms in total. The summed E-state index contributed by atoms with van der Waals surface area (Å²) >= 11 is 0. The Hall–Kier alpha value is -0.320. The number of hydrogen-bond acceptors (Lipinski definition) is 2. The second-order valence-electron chi connectivity index (χ2n) is 3.17. The maximum atomic E-state index is 11.7. The molecule has 0 amide bonds. The molecule has 0 saturated heterocycles. The van der Waals surface area contributed by atoms with Gasteiger partial charge in [-0.15, -0.1) is 9.24 Å². The van der Waals surface area contributed by atoms with Crippen LogP contribution >= 0.6 is 16.4 Å². The first-order valence-electron chi connectivity index (χ1n) is 3.62. The Morgan fingerprint density at radius 3 is 2.42 bits per heavy atom. The average Bonchev–Trinajstić information content (AvgIpc) is 1.92. The lowest BCUT2D eigenvalue weighted by Gasteiger charge is -2.10. The minimum Gasteiger partial charge on any atom is -0.398 e. The summed E-state index contributed by atoms with van der Waals surface area (Å²) in [6, 6.07) is 5.54. The smallest absolute Gasteiger partial charge is 0.111 e. The van der Waals surface area contributed by atoms with Crippen LogP contribution in [0.15, 0.2) is 18.2 Å². The molecule has 0 fully saturated rings. The van der Waals surface area contributed by atoms with E-state index in [4.69, 9.17) is 5.73 Å². The highest BCUT2D eigenvalue weighted by Crippen LogP contribution is 2.36. The van der Waals surface area contributed by atoms with E-state index < -0.39 is 7.14 Å². The van der Waals surface area contributed by atoms with Crippen molar-refractivity contribution in [1.29, 1.82) is 0 Å². The van der Waals surface area contributed by atoms with Gasteiger partial charge >= 0.3 is 0 Å². The molecule has 1 atom stereocenters. The Morgan fingerprint density at radius 1 is 1.42 bits per heavy atom. The number of nitrogens with two attached hydrogens (primary N) is 1. The molecular weight excluding hydrogens is 188 g/mol. The molecule has 12 heavy (non-hydrogen) atoms. The summed E-state index contributed by atoms with van der Waals surface area (Å²) in [5.74, 6) is 0. The monoisotopic (exact) mass is 201 g/mol. The largest absolute Gasteiger partial charge is 0.398 e. The van der Waals surface area contributed by atoms with Crippen molar-refractivity contribution >= 4 is 32.7 Å². The molecule has 0 spiro atoms. The van der Waals surface area contributed by atoms with E-state index in [0.29, 0.717) is 5.69 Å². The van der Waals surface area contributed by atoms with Gasteiger partial charge < -0.3 is 10.3 Å². The number of anilines is 1. The van der Waals surface area contributed by atoms with Crippen LogP contribution in [-0.2, 0) is 4.57 Å². The van der Waals surface area contributed by atoms with Gasteiger partial charge in [-0.3, -0.25) is 0 Å². The fraction of sp³-hybridized carbons (Fsp3) is 0.250. The molecule has 1 aromatic carbocycles. The Morgan fingerprint density at radius 2 is 2.00 bits per heavy atom. The van der Waals surface area contributed by atoms with E-state index in [-0.39, 0.29) is 0 Å². The summed E-state index contributed by atoms with van der Waals surface area (Å²) in [4.78, 5) is 0. The molecule has 1 aromatic rings. The second-order valence-corrected chi connectivity index (χ2v) is 7.02. The minimum absolute atomic E-state index is 0.620. The van der Waals surface area contributed by atoms with Crippen LogP contribution in [0.3, 0.4) is 0 Å². The summed E-state index contributed by atoms with van der Waals surface area (Å²) in [6.07, 6.45) is 0. The van der Waals surface area contributed by atoms with Crippen LogP contribution in [0.4, 0.5) is 5.69 Å². The summed E-state index contributed by atoms with van der Waals surface area (Å²) in [5.41, 5.74) is 6.31. The first-order chi connectivity index (χ1) is 5.41. The predicted octanol–water partition coefficient (Wildman–Crippen LogP) is 1.02. The SMILES string of the molecule is CP(C)(=O)c1cc(P)ccc1N. The van der Waals surface area contributed by atoms with E-state index in [1.807, 2.05) is 12.1 Å². The Kier molecular flexibility index (Phi) is 2.61. The highest BCUT2D eigenvalue weighted by molar-refractivity contribution is 7.70. The maximum absolute atomic E-state index is 11.7. The van der Waals surface area contributed by atoms with Crippen molar-refractivity contribution in [3.8, 4) is 0 Å². The van der Waals surface area contributed by atoms with Crippen LogP contribution in [0.1, 0.15) is 0 Å². The number of rotatable bonds is 1. The van der Waals surface area contributed by atoms with E-state index in [1.54, 1.807) is 19.4 Å². The molecule has 0 heterocycles. The van der Waals surface area contributed by atoms with Gasteiger partial charge in [0.1, 0.15) is 7.14 Å². The lowest BCUT2D eigenvalue weighted by Crippen LogP contribution is -2.13. The zero-order valence-electron chi connectivity index (χ0n) is 7.24. The fourth-order valence-electron chi connectivity index (χ4n) is 1.03. The van der Waals surface area contributed by atoms with Crippen molar-refractivity contribution in [1.82, 2.24) is 0 Å². The molecule has 0 aliphatic rings. The Bertz CT molecular complexity index is 343. The number of nitrogen functional groups attached to an aromatic ring is 1. The average molecular weight is 201 g/mol. The van der Waals surface area contributed by atoms with Gasteiger partial charge in [0, 0.05) is 11.0 Å². The van der Waals surface area contributed by atoms with Gasteiger partial charge in [-0.1, -0.05) is 6.07 Å². The normalized spacial score (nSPS) is 11.6. The molecular formula is C8H13NOP2. The van der Waals surface area contributed by atoms with Gasteiger partial charge in [-0.05, 0) is 30.8 Å². The lowest BCUT2D eigenvalue weighted by molar-refractivity contribution is 0.588. The standard InChI is InChI=1S/C8H13NOP2/c1-12(2,10)8-5-6(11)3-4-7(8)9/h3-5H,9,11H2,1-2H3. The highest BCUT2D eigenvalue weighted by atomic mass is 31.2. The summed E-state index contributed by atoms with van der Waals surface area (Å²) in [6.45, 7) is 3.45. The summed E-state index contributed by atoms with van der Waals surface area (Å²) in [7, 11) is 0.346. The third kappa shape index (κ3) is 2.09. The van der Waals surface area contributed by atoms with Gasteiger partial charge in [0.05, 0.1) is 0 Å². The van der Waals surface area contributed by atoms with Crippen molar-refractivity contribution < 1.29 is 4.57 Å². The van der Waals surface area contributed by atoms with Gasteiger partial charge in [-0.2, -0.15) is 0 Å². The summed E-state index contributed by atoms with van der Waals surface area (Å²) in [5, 5.41) is 1.79. The molecule has 66 valence electrons. The first-order valence-corrected chi connectivity index (χ1v) is 6.79. The molecule has 0 bridgehead atoms. The van der Waals surface area contributed by atoms with Crippen molar-refractivity contribution in [3.05, 3.63) is 18.2 Å². The van der Waals surface area contributed by atoms with E-state index >= 15 is 0 Å². The molecule has 0 radical (unpaired) electrons. The molecule has 0 aliphatic carbocycles. The van der Waals surface area contributed by atoms with Gasteiger partial charge in [0.2, 0.25) is 0 Å². The van der Waals surface area contributed by atoms with Crippen molar-refractivity contribution in [2.45, 2.75) is 0 Å². The van der Waals surface area contributed by atoms with E-state index in [1.165, 1.54) is 0 Å². The van der Waals surface area contributed by atoms with Crippen LogP contribution in [0.5, 0.6) is 0 Å². The van der Waals surface area contributed by atoms with Gasteiger partial charge in [-0.25, -0.2) is 0 Å². The number of hydrogen-bond donors (Lipinski definition) is 1. The Balaban J connectivity index is 3.33. The quantitative estimate of drug-likeness (QED) is 0.544. The van der Waals surface area contributed by atoms with E-state index in [0.717, 1.165) is 10.6 Å². The third-order valence-corrected chi connectivity index (χ3v) is 3.54. The predicted molar refractivity (Wildman–Crippen MR) is 59.3 cm³/mol. The van der Waals surface area contributed by atoms with Crippen LogP contribution in [0.2, 0.25) is 0 Å². The van der Waals surface area contributed by atoms with Crippen molar-refractivity contribution in [2.75, 3.05) is 19.1 Å². The third-order valence-electron chi connectivity index (χ3n) is 1.63. The molecule has 0 aromatic heterocycles. The van der Waals surface area contributed by atoms with E-state index in [9.17, 15) is 4.57 Å². The lowest BCUT2D eigenvalue weighted by atomic mass is 10.3. The van der Waals surface area contributed by atoms with Gasteiger partial charge in [0.25, 0.3) is 0 Å². The zero-order valence-corrected chi connectivity index (χ0v) is 9.29. The van der Waals surface area contributed by atoms with Gasteiger partial charge in [0.15, 0.2) is 0 Å². The van der Waals surface area contributed by atoms with Crippen LogP contribution in [-0.4, -0.2) is 13.3 Å².